The summed E-state index contributed by atoms with van der Waals surface area (Å²) in [6, 6.07) is 0.200. The molecule has 1 N–H and O–H groups in total. The molecule has 18 heavy (non-hydrogen) atoms. The zero-order valence-electron chi connectivity index (χ0n) is 11.4. The third kappa shape index (κ3) is 4.00. The third-order valence-corrected chi connectivity index (χ3v) is 2.83. The molecule has 1 heterocycles. The van der Waals surface area contributed by atoms with Crippen molar-refractivity contribution in [3.05, 3.63) is 29.6 Å². The standard InChI is InChI=1S/C13H21N3O2/c1-5-11(13(17)18-4)6-7-14-10(2)12-8-15-16(3)9-12/h6,8-10,14H,5,7H2,1-4H3. The number of rotatable bonds is 6. The predicted octanol–water partition coefficient (Wildman–Crippen LogP) is 1.58. The van der Waals surface area contributed by atoms with Crippen molar-refractivity contribution in [3.63, 3.8) is 0 Å². The maximum absolute atomic E-state index is 11.4. The smallest absolute Gasteiger partial charge is 0.333 e. The van der Waals surface area contributed by atoms with Crippen molar-refractivity contribution in [1.82, 2.24) is 15.1 Å². The zero-order chi connectivity index (χ0) is 13.5. The number of carbonyl (C=O) groups excluding carboxylic acids is 1. The van der Waals surface area contributed by atoms with Gasteiger partial charge < -0.3 is 10.1 Å². The molecule has 1 aromatic rings. The number of aryl methyl sites for hydroxylation is 1. The summed E-state index contributed by atoms with van der Waals surface area (Å²) in [6.07, 6.45) is 6.36. The summed E-state index contributed by atoms with van der Waals surface area (Å²) < 4.78 is 6.47. The second-order valence-electron chi connectivity index (χ2n) is 4.15. The highest BCUT2D eigenvalue weighted by molar-refractivity contribution is 5.88. The summed E-state index contributed by atoms with van der Waals surface area (Å²) >= 11 is 0. The molecule has 100 valence electrons. The summed E-state index contributed by atoms with van der Waals surface area (Å²) in [7, 11) is 3.29. The van der Waals surface area contributed by atoms with E-state index in [1.165, 1.54) is 7.11 Å². The van der Waals surface area contributed by atoms with Gasteiger partial charge in [-0.05, 0) is 13.3 Å². The van der Waals surface area contributed by atoms with E-state index < -0.39 is 0 Å². The molecule has 0 aliphatic carbocycles. The average Bonchev–Trinajstić information content (AvgIpc) is 2.80. The number of carbonyl (C=O) groups is 1. The first-order valence-electron chi connectivity index (χ1n) is 6.07. The highest BCUT2D eigenvalue weighted by Gasteiger charge is 2.08. The molecule has 1 rings (SSSR count). The van der Waals surface area contributed by atoms with Gasteiger partial charge in [0.25, 0.3) is 0 Å². The zero-order valence-corrected chi connectivity index (χ0v) is 11.4. The van der Waals surface area contributed by atoms with Crippen molar-refractivity contribution in [3.8, 4) is 0 Å². The lowest BCUT2D eigenvalue weighted by Gasteiger charge is -2.10. The monoisotopic (exact) mass is 251 g/mol. The van der Waals surface area contributed by atoms with Crippen LogP contribution in [0.4, 0.5) is 0 Å². The maximum atomic E-state index is 11.4. The Hall–Kier alpha value is -1.62. The molecule has 0 saturated carbocycles. The molecule has 0 fully saturated rings. The molecule has 0 amide bonds. The SMILES string of the molecule is CCC(=CCNC(C)c1cnn(C)c1)C(=O)OC. The minimum atomic E-state index is -0.256. The Morgan fingerprint density at radius 1 is 1.67 bits per heavy atom. The molecule has 5 heteroatoms. The molecule has 0 aliphatic heterocycles. The van der Waals surface area contributed by atoms with Gasteiger partial charge in [-0.1, -0.05) is 13.0 Å². The van der Waals surface area contributed by atoms with Gasteiger partial charge in [0, 0.05) is 37.0 Å². The normalized spacial score (nSPS) is 13.4. The van der Waals surface area contributed by atoms with Crippen LogP contribution >= 0.6 is 0 Å². The van der Waals surface area contributed by atoms with Gasteiger partial charge in [-0.15, -0.1) is 0 Å². The number of hydrogen-bond acceptors (Lipinski definition) is 4. The molecule has 1 unspecified atom stereocenters. The van der Waals surface area contributed by atoms with Crippen LogP contribution in [0.5, 0.6) is 0 Å². The first-order valence-corrected chi connectivity index (χ1v) is 6.07. The second-order valence-corrected chi connectivity index (χ2v) is 4.15. The fraction of sp³-hybridized carbons (Fsp3) is 0.538. The van der Waals surface area contributed by atoms with E-state index in [-0.39, 0.29) is 12.0 Å². The first-order chi connectivity index (χ1) is 8.58. The van der Waals surface area contributed by atoms with Crippen LogP contribution in [0.1, 0.15) is 31.9 Å². The van der Waals surface area contributed by atoms with Crippen molar-refractivity contribution >= 4 is 5.97 Å². The summed E-state index contributed by atoms with van der Waals surface area (Å²) in [5.74, 6) is -0.256. The summed E-state index contributed by atoms with van der Waals surface area (Å²) in [6.45, 7) is 4.64. The Morgan fingerprint density at radius 3 is 2.89 bits per heavy atom. The topological polar surface area (TPSA) is 56.2 Å². The van der Waals surface area contributed by atoms with Gasteiger partial charge in [-0.25, -0.2) is 4.79 Å². The highest BCUT2D eigenvalue weighted by Crippen LogP contribution is 2.10. The summed E-state index contributed by atoms with van der Waals surface area (Å²) in [5, 5.41) is 7.44. The van der Waals surface area contributed by atoms with Gasteiger partial charge in [-0.2, -0.15) is 5.10 Å². The minimum Gasteiger partial charge on any atom is -0.466 e. The largest absolute Gasteiger partial charge is 0.466 e. The van der Waals surface area contributed by atoms with E-state index in [2.05, 4.69) is 17.3 Å². The molecule has 0 spiro atoms. The number of nitrogens with one attached hydrogen (secondary N) is 1. The van der Waals surface area contributed by atoms with E-state index in [0.29, 0.717) is 18.5 Å². The van der Waals surface area contributed by atoms with E-state index in [4.69, 9.17) is 4.74 Å². The van der Waals surface area contributed by atoms with Crippen LogP contribution in [0, 0.1) is 0 Å². The van der Waals surface area contributed by atoms with Crippen LogP contribution in [-0.4, -0.2) is 29.4 Å². The van der Waals surface area contributed by atoms with Crippen LogP contribution in [0.25, 0.3) is 0 Å². The van der Waals surface area contributed by atoms with Gasteiger partial charge in [0.15, 0.2) is 0 Å². The minimum absolute atomic E-state index is 0.200. The Morgan fingerprint density at radius 2 is 2.39 bits per heavy atom. The van der Waals surface area contributed by atoms with Gasteiger partial charge in [0.1, 0.15) is 0 Å². The number of esters is 1. The van der Waals surface area contributed by atoms with E-state index in [9.17, 15) is 4.79 Å². The molecular formula is C13H21N3O2. The lowest BCUT2D eigenvalue weighted by molar-refractivity contribution is -0.136. The summed E-state index contributed by atoms with van der Waals surface area (Å²) in [5.41, 5.74) is 1.82. The average molecular weight is 251 g/mol. The molecule has 0 bridgehead atoms. The Balaban J connectivity index is 2.50. The highest BCUT2D eigenvalue weighted by atomic mass is 16.5. The Bertz CT molecular complexity index is 424. The third-order valence-electron chi connectivity index (χ3n) is 2.83. The molecular weight excluding hydrogens is 230 g/mol. The van der Waals surface area contributed by atoms with Gasteiger partial charge >= 0.3 is 5.97 Å². The fourth-order valence-corrected chi connectivity index (χ4v) is 1.64. The van der Waals surface area contributed by atoms with Crippen molar-refractivity contribution in [1.29, 1.82) is 0 Å². The van der Waals surface area contributed by atoms with E-state index in [1.807, 2.05) is 32.4 Å². The quantitative estimate of drug-likeness (QED) is 0.616. The van der Waals surface area contributed by atoms with E-state index in [1.54, 1.807) is 4.68 Å². The maximum Gasteiger partial charge on any atom is 0.333 e. The fourth-order valence-electron chi connectivity index (χ4n) is 1.64. The molecule has 0 saturated heterocycles. The van der Waals surface area contributed by atoms with Crippen LogP contribution in [0.3, 0.4) is 0 Å². The lowest BCUT2D eigenvalue weighted by atomic mass is 10.1. The molecule has 1 aromatic heterocycles. The lowest BCUT2D eigenvalue weighted by Crippen LogP contribution is -2.19. The van der Waals surface area contributed by atoms with Gasteiger partial charge in [-0.3, -0.25) is 4.68 Å². The number of ether oxygens (including phenoxy) is 1. The number of methoxy groups -OCH3 is 1. The van der Waals surface area contributed by atoms with Crippen LogP contribution < -0.4 is 5.32 Å². The van der Waals surface area contributed by atoms with E-state index >= 15 is 0 Å². The molecule has 1 atom stereocenters. The Kier molecular flexibility index (Phi) is 5.58. The number of aromatic nitrogens is 2. The van der Waals surface area contributed by atoms with Crippen molar-refractivity contribution < 1.29 is 9.53 Å². The second kappa shape index (κ2) is 6.96. The van der Waals surface area contributed by atoms with Crippen molar-refractivity contribution in [2.45, 2.75) is 26.3 Å². The van der Waals surface area contributed by atoms with Crippen molar-refractivity contribution in [2.24, 2.45) is 7.05 Å². The molecule has 0 aliphatic rings. The van der Waals surface area contributed by atoms with Gasteiger partial charge in [0.2, 0.25) is 0 Å². The van der Waals surface area contributed by atoms with Crippen LogP contribution in [0.15, 0.2) is 24.0 Å². The first kappa shape index (κ1) is 14.4. The van der Waals surface area contributed by atoms with Crippen LogP contribution in [0.2, 0.25) is 0 Å². The van der Waals surface area contributed by atoms with Crippen molar-refractivity contribution in [2.75, 3.05) is 13.7 Å². The predicted molar refractivity (Wildman–Crippen MR) is 70.0 cm³/mol. The van der Waals surface area contributed by atoms with E-state index in [0.717, 1.165) is 5.56 Å². The molecule has 0 radical (unpaired) electrons. The Labute approximate surface area is 108 Å². The molecule has 5 nitrogen and oxygen atoms in total. The van der Waals surface area contributed by atoms with Gasteiger partial charge in [0.05, 0.1) is 13.3 Å². The number of nitrogens with zero attached hydrogens (tertiary/aromatic N) is 2. The molecule has 0 aromatic carbocycles. The number of hydrogen-bond donors (Lipinski definition) is 1. The van der Waals surface area contributed by atoms with Crippen LogP contribution in [-0.2, 0) is 16.6 Å². The summed E-state index contributed by atoms with van der Waals surface area (Å²) in [4.78, 5) is 11.4.